The molecule has 0 heterocycles. The fourth-order valence-electron chi connectivity index (χ4n) is 3.01. The Morgan fingerprint density at radius 1 is 1.35 bits per heavy atom. The third-order valence-corrected chi connectivity index (χ3v) is 6.83. The van der Waals surface area contributed by atoms with Crippen LogP contribution in [0.1, 0.15) is 40.7 Å². The Morgan fingerprint density at radius 2 is 1.96 bits per heavy atom. The Hall–Kier alpha value is -1.44. The number of methoxy groups -OCH3 is 1. The minimum absolute atomic E-state index is 0.0166. The van der Waals surface area contributed by atoms with Gasteiger partial charge in [0.2, 0.25) is 10.0 Å². The molecule has 0 radical (unpaired) electrons. The Bertz CT molecular complexity index is 722. The third kappa shape index (κ3) is 3.00. The van der Waals surface area contributed by atoms with E-state index in [0.717, 1.165) is 19.3 Å². The normalized spacial score (nSPS) is 17.1. The number of sulfonamides is 1. The third-order valence-electron chi connectivity index (χ3n) is 4.89. The van der Waals surface area contributed by atoms with Gasteiger partial charge in [-0.05, 0) is 56.4 Å². The van der Waals surface area contributed by atoms with Gasteiger partial charge in [-0.2, -0.15) is 4.31 Å². The number of carbonyl (C=O) groups is 1. The van der Waals surface area contributed by atoms with Gasteiger partial charge in [-0.25, -0.2) is 13.2 Å². The molecule has 0 aromatic heterocycles. The fourth-order valence-corrected chi connectivity index (χ4v) is 4.67. The number of hydrogen-bond donors (Lipinski definition) is 1. The number of nitrogens with zero attached hydrogens (tertiary/aromatic N) is 1. The quantitative estimate of drug-likeness (QED) is 0.857. The molecule has 0 saturated heterocycles. The second-order valence-corrected chi connectivity index (χ2v) is 8.17. The number of carboxylic acids is 1. The Labute approximate surface area is 137 Å². The summed E-state index contributed by atoms with van der Waals surface area (Å²) in [5.41, 5.74) is 0.711. The van der Waals surface area contributed by atoms with E-state index in [1.54, 1.807) is 28.0 Å². The van der Waals surface area contributed by atoms with E-state index >= 15 is 0 Å². The zero-order chi connectivity index (χ0) is 17.4. The molecule has 1 saturated carbocycles. The maximum Gasteiger partial charge on any atom is 0.336 e. The first-order chi connectivity index (χ1) is 10.7. The number of aryl methyl sites for hydroxylation is 1. The largest absolute Gasteiger partial charge is 0.478 e. The molecule has 6 nitrogen and oxygen atoms in total. The van der Waals surface area contributed by atoms with Gasteiger partial charge in [0.1, 0.15) is 0 Å². The molecule has 0 atom stereocenters. The molecule has 1 aliphatic carbocycles. The molecule has 128 valence electrons. The van der Waals surface area contributed by atoms with Gasteiger partial charge in [0, 0.05) is 14.2 Å². The second-order valence-electron chi connectivity index (χ2n) is 6.20. The van der Waals surface area contributed by atoms with Crippen LogP contribution in [0.2, 0.25) is 0 Å². The van der Waals surface area contributed by atoms with Crippen molar-refractivity contribution in [3.05, 3.63) is 28.8 Å². The lowest BCUT2D eigenvalue weighted by Crippen LogP contribution is -2.57. The number of carboxylic acid groups (broad SMARTS) is 1. The minimum atomic E-state index is -3.78. The number of aromatic carboxylic acids is 1. The molecule has 2 rings (SSSR count). The fraction of sp³-hybridized carbons (Fsp3) is 0.562. The van der Waals surface area contributed by atoms with Gasteiger partial charge >= 0.3 is 5.97 Å². The van der Waals surface area contributed by atoms with E-state index in [0.29, 0.717) is 17.7 Å². The van der Waals surface area contributed by atoms with Crippen molar-refractivity contribution in [3.63, 3.8) is 0 Å². The van der Waals surface area contributed by atoms with Crippen molar-refractivity contribution >= 4 is 16.0 Å². The van der Waals surface area contributed by atoms with Crippen LogP contribution in [0, 0.1) is 13.8 Å². The van der Waals surface area contributed by atoms with Crippen molar-refractivity contribution < 1.29 is 23.1 Å². The SMILES string of the molecule is COCC1(N(C)S(=O)(=O)c2cc(C)c(C)c(C(=O)O)c2)CCC1. The summed E-state index contributed by atoms with van der Waals surface area (Å²) >= 11 is 0. The highest BCUT2D eigenvalue weighted by atomic mass is 32.2. The average molecular weight is 341 g/mol. The van der Waals surface area contributed by atoms with Crippen LogP contribution in [0.5, 0.6) is 0 Å². The van der Waals surface area contributed by atoms with Gasteiger partial charge in [-0.1, -0.05) is 0 Å². The van der Waals surface area contributed by atoms with E-state index < -0.39 is 21.5 Å². The van der Waals surface area contributed by atoms with E-state index in [1.807, 2.05) is 0 Å². The van der Waals surface area contributed by atoms with Gasteiger partial charge in [-0.15, -0.1) is 0 Å². The molecule has 0 amide bonds. The van der Waals surface area contributed by atoms with Crippen LogP contribution in [-0.2, 0) is 14.8 Å². The van der Waals surface area contributed by atoms with E-state index in [4.69, 9.17) is 4.74 Å². The van der Waals surface area contributed by atoms with Crippen molar-refractivity contribution in [1.29, 1.82) is 0 Å². The highest BCUT2D eigenvalue weighted by Crippen LogP contribution is 2.40. The highest BCUT2D eigenvalue weighted by Gasteiger charge is 2.46. The average Bonchev–Trinajstić information content (AvgIpc) is 2.44. The van der Waals surface area contributed by atoms with E-state index in [-0.39, 0.29) is 10.5 Å². The van der Waals surface area contributed by atoms with Crippen LogP contribution < -0.4 is 0 Å². The van der Waals surface area contributed by atoms with E-state index in [2.05, 4.69) is 0 Å². The molecule has 23 heavy (non-hydrogen) atoms. The van der Waals surface area contributed by atoms with Gasteiger partial charge < -0.3 is 9.84 Å². The molecule has 1 aliphatic rings. The van der Waals surface area contributed by atoms with E-state index in [9.17, 15) is 18.3 Å². The summed E-state index contributed by atoms with van der Waals surface area (Å²) in [5.74, 6) is -1.12. The van der Waals surface area contributed by atoms with Crippen molar-refractivity contribution in [1.82, 2.24) is 4.31 Å². The van der Waals surface area contributed by atoms with Gasteiger partial charge in [0.15, 0.2) is 0 Å². The standard InChI is InChI=1S/C16H23NO5S/c1-11-8-13(9-14(12(11)2)15(18)19)23(20,21)17(3)16(10-22-4)6-5-7-16/h8-9H,5-7,10H2,1-4H3,(H,18,19). The Morgan fingerprint density at radius 3 is 2.39 bits per heavy atom. The number of ether oxygens (including phenoxy) is 1. The monoisotopic (exact) mass is 341 g/mol. The summed E-state index contributed by atoms with van der Waals surface area (Å²) < 4.78 is 32.5. The van der Waals surface area contributed by atoms with Crippen molar-refractivity contribution in [2.75, 3.05) is 20.8 Å². The number of rotatable bonds is 6. The lowest BCUT2D eigenvalue weighted by Gasteiger charge is -2.47. The summed E-state index contributed by atoms with van der Waals surface area (Å²) in [5, 5.41) is 9.29. The lowest BCUT2D eigenvalue weighted by molar-refractivity contribution is 0.0138. The number of hydrogen-bond acceptors (Lipinski definition) is 4. The maximum atomic E-state index is 13.0. The predicted molar refractivity (Wildman–Crippen MR) is 86.3 cm³/mol. The molecule has 1 aromatic carbocycles. The molecule has 0 spiro atoms. The van der Waals surface area contributed by atoms with Crippen molar-refractivity contribution in [2.24, 2.45) is 0 Å². The summed E-state index contributed by atoms with van der Waals surface area (Å²) in [7, 11) is -0.686. The maximum absolute atomic E-state index is 13.0. The second kappa shape index (κ2) is 6.22. The molecule has 1 N–H and O–H groups in total. The molecular weight excluding hydrogens is 318 g/mol. The first-order valence-electron chi connectivity index (χ1n) is 7.48. The van der Waals surface area contributed by atoms with E-state index in [1.165, 1.54) is 16.4 Å². The van der Waals surface area contributed by atoms with Gasteiger partial charge in [0.25, 0.3) is 0 Å². The molecule has 1 aromatic rings. The zero-order valence-corrected chi connectivity index (χ0v) is 14.7. The van der Waals surface area contributed by atoms with Crippen LogP contribution >= 0.6 is 0 Å². The van der Waals surface area contributed by atoms with Gasteiger partial charge in [0.05, 0.1) is 22.6 Å². The number of benzene rings is 1. The van der Waals surface area contributed by atoms with Gasteiger partial charge in [-0.3, -0.25) is 0 Å². The summed E-state index contributed by atoms with van der Waals surface area (Å²) in [6.45, 7) is 3.73. The lowest BCUT2D eigenvalue weighted by atomic mass is 9.77. The molecular formula is C16H23NO5S. The van der Waals surface area contributed by atoms with Crippen LogP contribution in [-0.4, -0.2) is 50.1 Å². The van der Waals surface area contributed by atoms with Crippen LogP contribution in [0.3, 0.4) is 0 Å². The zero-order valence-electron chi connectivity index (χ0n) is 13.9. The first-order valence-corrected chi connectivity index (χ1v) is 8.92. The summed E-state index contributed by atoms with van der Waals surface area (Å²) in [6, 6.07) is 2.78. The molecule has 7 heteroatoms. The molecule has 1 fully saturated rings. The first kappa shape index (κ1) is 17.9. The van der Waals surface area contributed by atoms with Crippen LogP contribution in [0.25, 0.3) is 0 Å². The smallest absolute Gasteiger partial charge is 0.336 e. The topological polar surface area (TPSA) is 83.9 Å². The van der Waals surface area contributed by atoms with Crippen LogP contribution in [0.4, 0.5) is 0 Å². The predicted octanol–water partition coefficient (Wildman–Crippen LogP) is 2.19. The molecule has 0 aliphatic heterocycles. The van der Waals surface area contributed by atoms with Crippen molar-refractivity contribution in [3.8, 4) is 0 Å². The minimum Gasteiger partial charge on any atom is -0.478 e. The summed E-state index contributed by atoms with van der Waals surface area (Å²) in [6.07, 6.45) is 2.44. The summed E-state index contributed by atoms with van der Waals surface area (Å²) in [4.78, 5) is 11.4. The molecule has 0 bridgehead atoms. The highest BCUT2D eigenvalue weighted by molar-refractivity contribution is 7.89. The van der Waals surface area contributed by atoms with Crippen LogP contribution in [0.15, 0.2) is 17.0 Å². The molecule has 0 unspecified atom stereocenters. The van der Waals surface area contributed by atoms with Crippen molar-refractivity contribution in [2.45, 2.75) is 43.5 Å². The number of likely N-dealkylation sites (N-methyl/N-ethyl adjacent to an activating group) is 1. The Balaban J connectivity index is 2.49. The Kier molecular flexibility index (Phi) is 4.84.